The molecule has 13 heavy (non-hydrogen) atoms. The van der Waals surface area contributed by atoms with Crippen LogP contribution in [0, 0.1) is 20.8 Å². The minimum absolute atomic E-state index is 0.0658. The first-order valence-electron chi connectivity index (χ1n) is 3.48. The van der Waals surface area contributed by atoms with Gasteiger partial charge in [0.1, 0.15) is 5.40 Å². The van der Waals surface area contributed by atoms with Gasteiger partial charge in [0, 0.05) is 17.9 Å². The van der Waals surface area contributed by atoms with Crippen LogP contribution in [-0.4, -0.2) is 4.92 Å². The fraction of sp³-hybridized carbons (Fsp3) is 0.125. The molecule has 0 fully saturated rings. The van der Waals surface area contributed by atoms with E-state index in [4.69, 9.17) is 5.26 Å². The van der Waals surface area contributed by atoms with E-state index in [0.717, 1.165) is 17.3 Å². The number of thioether (sulfide) groups is 1. The predicted molar refractivity (Wildman–Crippen MR) is 50.0 cm³/mol. The van der Waals surface area contributed by atoms with Crippen LogP contribution < -0.4 is 0 Å². The first kappa shape index (κ1) is 9.55. The molecule has 0 amide bonds. The third kappa shape index (κ3) is 2.76. The van der Waals surface area contributed by atoms with Crippen molar-refractivity contribution in [3.63, 3.8) is 0 Å². The molecule has 4 nitrogen and oxygen atoms in total. The Hall–Kier alpha value is -1.54. The van der Waals surface area contributed by atoms with E-state index in [2.05, 4.69) is 0 Å². The summed E-state index contributed by atoms with van der Waals surface area (Å²) in [6, 6.07) is 6.29. The monoisotopic (exact) mass is 194 g/mol. The van der Waals surface area contributed by atoms with Crippen molar-refractivity contribution in [2.45, 2.75) is 5.75 Å². The molecular weight excluding hydrogens is 188 g/mol. The summed E-state index contributed by atoms with van der Waals surface area (Å²) in [5.41, 5.74) is 0.858. The highest BCUT2D eigenvalue weighted by atomic mass is 32.2. The van der Waals surface area contributed by atoms with Gasteiger partial charge in [-0.05, 0) is 17.3 Å². The molecule has 66 valence electrons. The van der Waals surface area contributed by atoms with Gasteiger partial charge in [0.2, 0.25) is 0 Å². The molecule has 0 unspecified atom stereocenters. The summed E-state index contributed by atoms with van der Waals surface area (Å²) in [7, 11) is 0. The van der Waals surface area contributed by atoms with E-state index in [1.807, 2.05) is 5.40 Å². The Morgan fingerprint density at radius 3 is 3.00 bits per heavy atom. The Morgan fingerprint density at radius 1 is 1.62 bits per heavy atom. The number of benzene rings is 1. The van der Waals surface area contributed by atoms with Crippen LogP contribution in [-0.2, 0) is 5.75 Å². The second-order valence-corrected chi connectivity index (χ2v) is 3.07. The smallest absolute Gasteiger partial charge is 0.258 e. The molecule has 0 saturated heterocycles. The van der Waals surface area contributed by atoms with Crippen molar-refractivity contribution in [3.05, 3.63) is 39.9 Å². The Morgan fingerprint density at radius 2 is 2.38 bits per heavy atom. The molecule has 0 aromatic heterocycles. The Kier molecular flexibility index (Phi) is 3.29. The van der Waals surface area contributed by atoms with Crippen LogP contribution in [0.5, 0.6) is 0 Å². The topological polar surface area (TPSA) is 66.9 Å². The number of nitro benzene ring substituents is 1. The number of hydrogen-bond acceptors (Lipinski definition) is 4. The minimum Gasteiger partial charge on any atom is -0.258 e. The molecule has 0 bridgehead atoms. The summed E-state index contributed by atoms with van der Waals surface area (Å²) in [6.07, 6.45) is 0. The second-order valence-electron chi connectivity index (χ2n) is 2.31. The van der Waals surface area contributed by atoms with E-state index >= 15 is 0 Å². The van der Waals surface area contributed by atoms with Crippen LogP contribution in [0.25, 0.3) is 0 Å². The normalized spacial score (nSPS) is 9.15. The van der Waals surface area contributed by atoms with Crippen LogP contribution in [0.4, 0.5) is 5.69 Å². The molecule has 0 aliphatic rings. The molecule has 1 aromatic rings. The van der Waals surface area contributed by atoms with Gasteiger partial charge in [-0.2, -0.15) is 5.26 Å². The number of rotatable bonds is 3. The van der Waals surface area contributed by atoms with E-state index in [9.17, 15) is 10.1 Å². The number of nitrogens with zero attached hydrogens (tertiary/aromatic N) is 2. The molecule has 0 spiro atoms. The van der Waals surface area contributed by atoms with Gasteiger partial charge in [-0.3, -0.25) is 10.1 Å². The third-order valence-electron chi connectivity index (χ3n) is 1.42. The van der Waals surface area contributed by atoms with Crippen LogP contribution >= 0.6 is 11.8 Å². The zero-order valence-corrected chi connectivity index (χ0v) is 7.45. The quantitative estimate of drug-likeness (QED) is 0.420. The van der Waals surface area contributed by atoms with Crippen molar-refractivity contribution >= 4 is 17.4 Å². The van der Waals surface area contributed by atoms with Gasteiger partial charge in [-0.1, -0.05) is 12.1 Å². The highest BCUT2D eigenvalue weighted by Crippen LogP contribution is 2.16. The average Bonchev–Trinajstić information content (AvgIpc) is 2.15. The summed E-state index contributed by atoms with van der Waals surface area (Å²) in [5, 5.41) is 20.6. The summed E-state index contributed by atoms with van der Waals surface area (Å²) >= 11 is 1.06. The lowest BCUT2D eigenvalue weighted by atomic mass is 10.2. The molecule has 0 atom stereocenters. The average molecular weight is 194 g/mol. The lowest BCUT2D eigenvalue weighted by Gasteiger charge is -1.95. The van der Waals surface area contributed by atoms with Crippen LogP contribution in [0.2, 0.25) is 0 Å². The summed E-state index contributed by atoms with van der Waals surface area (Å²) in [6.45, 7) is 0. The van der Waals surface area contributed by atoms with Crippen molar-refractivity contribution in [1.29, 1.82) is 5.26 Å². The highest BCUT2D eigenvalue weighted by molar-refractivity contribution is 8.02. The van der Waals surface area contributed by atoms with Gasteiger partial charge < -0.3 is 0 Å². The SMILES string of the molecule is N#CSCc1cccc([N+](=O)[O-])c1. The molecule has 0 aliphatic heterocycles. The maximum Gasteiger partial charge on any atom is 0.269 e. The Labute approximate surface area is 79.3 Å². The van der Waals surface area contributed by atoms with Crippen LogP contribution in [0.15, 0.2) is 24.3 Å². The first-order chi connectivity index (χ1) is 6.24. The van der Waals surface area contributed by atoms with Crippen molar-refractivity contribution in [2.75, 3.05) is 0 Å². The number of hydrogen-bond donors (Lipinski definition) is 0. The van der Waals surface area contributed by atoms with Gasteiger partial charge in [-0.15, -0.1) is 0 Å². The first-order valence-corrected chi connectivity index (χ1v) is 4.47. The van der Waals surface area contributed by atoms with E-state index < -0.39 is 4.92 Å². The molecule has 0 aliphatic carbocycles. The maximum atomic E-state index is 10.4. The molecule has 0 N–H and O–H groups in total. The fourth-order valence-corrected chi connectivity index (χ4v) is 1.29. The lowest BCUT2D eigenvalue weighted by Crippen LogP contribution is -1.88. The number of thiocyanates is 1. The van der Waals surface area contributed by atoms with Gasteiger partial charge in [-0.25, -0.2) is 0 Å². The Bertz CT molecular complexity index is 359. The third-order valence-corrected chi connectivity index (χ3v) is 2.03. The Balaban J connectivity index is 2.80. The summed E-state index contributed by atoms with van der Waals surface area (Å²) in [5.74, 6) is 0.484. The zero-order valence-electron chi connectivity index (χ0n) is 6.64. The molecule has 5 heteroatoms. The van der Waals surface area contributed by atoms with E-state index in [1.165, 1.54) is 12.1 Å². The van der Waals surface area contributed by atoms with Crippen LogP contribution in [0.1, 0.15) is 5.56 Å². The number of nitro groups is 1. The van der Waals surface area contributed by atoms with Gasteiger partial charge in [0.05, 0.1) is 4.92 Å². The minimum atomic E-state index is -0.444. The largest absolute Gasteiger partial charge is 0.269 e. The van der Waals surface area contributed by atoms with E-state index in [-0.39, 0.29) is 5.69 Å². The van der Waals surface area contributed by atoms with Gasteiger partial charge in [0.15, 0.2) is 0 Å². The van der Waals surface area contributed by atoms with Crippen molar-refractivity contribution in [2.24, 2.45) is 0 Å². The molecule has 0 heterocycles. The van der Waals surface area contributed by atoms with Crippen molar-refractivity contribution in [1.82, 2.24) is 0 Å². The lowest BCUT2D eigenvalue weighted by molar-refractivity contribution is -0.384. The van der Waals surface area contributed by atoms with Gasteiger partial charge in [0.25, 0.3) is 5.69 Å². The fourth-order valence-electron chi connectivity index (χ4n) is 0.875. The van der Waals surface area contributed by atoms with Gasteiger partial charge >= 0.3 is 0 Å². The number of non-ortho nitro benzene ring substituents is 1. The van der Waals surface area contributed by atoms with Crippen LogP contribution in [0.3, 0.4) is 0 Å². The summed E-state index contributed by atoms with van der Waals surface area (Å²) in [4.78, 5) is 9.92. The highest BCUT2D eigenvalue weighted by Gasteiger charge is 2.04. The second kappa shape index (κ2) is 4.48. The van der Waals surface area contributed by atoms with Crippen molar-refractivity contribution in [3.8, 4) is 5.40 Å². The number of nitriles is 1. The molecule has 1 rings (SSSR count). The molecular formula is C8H6N2O2S. The standard InChI is InChI=1S/C8H6N2O2S/c9-6-13-5-7-2-1-3-8(4-7)10(11)12/h1-4H,5H2. The molecule has 0 radical (unpaired) electrons. The van der Waals surface area contributed by atoms with E-state index in [0.29, 0.717) is 5.75 Å². The molecule has 0 saturated carbocycles. The predicted octanol–water partition coefficient (Wildman–Crippen LogP) is 2.31. The molecule has 1 aromatic carbocycles. The maximum absolute atomic E-state index is 10.4. The van der Waals surface area contributed by atoms with E-state index in [1.54, 1.807) is 12.1 Å². The summed E-state index contributed by atoms with van der Waals surface area (Å²) < 4.78 is 0. The zero-order chi connectivity index (χ0) is 9.68. The van der Waals surface area contributed by atoms with Crippen molar-refractivity contribution < 1.29 is 4.92 Å².